The molecule has 2 rings (SSSR count). The second-order valence-corrected chi connectivity index (χ2v) is 4.42. The first-order valence-corrected chi connectivity index (χ1v) is 5.91. The third kappa shape index (κ3) is 2.06. The monoisotopic (exact) mass is 220 g/mol. The minimum Gasteiger partial charge on any atom is -0.492 e. The zero-order chi connectivity index (χ0) is 11.5. The van der Waals surface area contributed by atoms with Crippen LogP contribution < -0.4 is 10.5 Å². The van der Waals surface area contributed by atoms with Gasteiger partial charge in [-0.25, -0.2) is 0 Å². The first kappa shape index (κ1) is 11.4. The van der Waals surface area contributed by atoms with Crippen molar-refractivity contribution in [2.24, 2.45) is 5.73 Å². The summed E-state index contributed by atoms with van der Waals surface area (Å²) in [7, 11) is 2.12. The largest absolute Gasteiger partial charge is 0.492 e. The van der Waals surface area contributed by atoms with Gasteiger partial charge >= 0.3 is 0 Å². The van der Waals surface area contributed by atoms with Crippen molar-refractivity contribution in [3.05, 3.63) is 29.8 Å². The molecule has 2 unspecified atom stereocenters. The molecular weight excluding hydrogens is 200 g/mol. The fraction of sp³-hybridized carbons (Fsp3) is 0.538. The second kappa shape index (κ2) is 4.85. The SMILES string of the molecule is CCCN(C)C1COc2ccccc2C1N. The number of fused-ring (bicyclic) bond motifs is 1. The van der Waals surface area contributed by atoms with Crippen molar-refractivity contribution in [2.75, 3.05) is 20.2 Å². The van der Waals surface area contributed by atoms with Crippen LogP contribution in [0.2, 0.25) is 0 Å². The van der Waals surface area contributed by atoms with E-state index in [1.807, 2.05) is 18.2 Å². The van der Waals surface area contributed by atoms with Crippen LogP contribution in [0.15, 0.2) is 24.3 Å². The normalized spacial score (nSPS) is 24.0. The number of likely N-dealkylation sites (N-methyl/N-ethyl adjacent to an activating group) is 1. The Morgan fingerprint density at radius 2 is 2.19 bits per heavy atom. The molecule has 2 N–H and O–H groups in total. The predicted molar refractivity (Wildman–Crippen MR) is 65.6 cm³/mol. The number of nitrogens with two attached hydrogens (primary N) is 1. The van der Waals surface area contributed by atoms with Gasteiger partial charge in [0.1, 0.15) is 12.4 Å². The minimum absolute atomic E-state index is 0.0569. The summed E-state index contributed by atoms with van der Waals surface area (Å²) < 4.78 is 5.75. The van der Waals surface area contributed by atoms with Gasteiger partial charge in [0.05, 0.1) is 12.1 Å². The van der Waals surface area contributed by atoms with Gasteiger partial charge in [-0.05, 0) is 26.1 Å². The van der Waals surface area contributed by atoms with E-state index < -0.39 is 0 Å². The number of para-hydroxylation sites is 1. The van der Waals surface area contributed by atoms with Gasteiger partial charge < -0.3 is 10.5 Å². The molecule has 0 saturated heterocycles. The van der Waals surface area contributed by atoms with Crippen molar-refractivity contribution >= 4 is 0 Å². The van der Waals surface area contributed by atoms with E-state index in [-0.39, 0.29) is 12.1 Å². The van der Waals surface area contributed by atoms with Crippen LogP contribution in [-0.4, -0.2) is 31.1 Å². The van der Waals surface area contributed by atoms with Crippen LogP contribution in [0.5, 0.6) is 5.75 Å². The third-order valence-corrected chi connectivity index (χ3v) is 3.24. The molecule has 1 aliphatic rings. The van der Waals surface area contributed by atoms with E-state index in [0.717, 1.165) is 24.3 Å². The Morgan fingerprint density at radius 1 is 1.44 bits per heavy atom. The van der Waals surface area contributed by atoms with Gasteiger partial charge in [0.15, 0.2) is 0 Å². The number of hydrogen-bond donors (Lipinski definition) is 1. The van der Waals surface area contributed by atoms with Crippen LogP contribution in [0.1, 0.15) is 24.9 Å². The van der Waals surface area contributed by atoms with Crippen molar-refractivity contribution in [3.63, 3.8) is 0 Å². The van der Waals surface area contributed by atoms with Crippen molar-refractivity contribution in [1.29, 1.82) is 0 Å². The molecule has 0 aliphatic carbocycles. The zero-order valence-electron chi connectivity index (χ0n) is 10.0. The Kier molecular flexibility index (Phi) is 3.46. The first-order chi connectivity index (χ1) is 7.74. The summed E-state index contributed by atoms with van der Waals surface area (Å²) in [4.78, 5) is 2.29. The number of nitrogens with zero attached hydrogens (tertiary/aromatic N) is 1. The highest BCUT2D eigenvalue weighted by molar-refractivity contribution is 5.38. The van der Waals surface area contributed by atoms with Crippen molar-refractivity contribution in [1.82, 2.24) is 4.90 Å². The summed E-state index contributed by atoms with van der Waals surface area (Å²) in [6.45, 7) is 3.93. The molecule has 3 nitrogen and oxygen atoms in total. The molecule has 0 spiro atoms. The van der Waals surface area contributed by atoms with E-state index in [1.165, 1.54) is 0 Å². The summed E-state index contributed by atoms with van der Waals surface area (Å²) in [6, 6.07) is 8.40. The lowest BCUT2D eigenvalue weighted by molar-refractivity contribution is 0.120. The van der Waals surface area contributed by atoms with Gasteiger partial charge in [0.2, 0.25) is 0 Å². The number of rotatable bonds is 3. The van der Waals surface area contributed by atoms with Crippen LogP contribution in [0.25, 0.3) is 0 Å². The van der Waals surface area contributed by atoms with E-state index >= 15 is 0 Å². The number of ether oxygens (including phenoxy) is 1. The maximum absolute atomic E-state index is 6.30. The molecule has 0 saturated carbocycles. The van der Waals surface area contributed by atoms with Gasteiger partial charge in [0, 0.05) is 5.56 Å². The van der Waals surface area contributed by atoms with E-state index in [0.29, 0.717) is 6.61 Å². The highest BCUT2D eigenvalue weighted by atomic mass is 16.5. The van der Waals surface area contributed by atoms with Crippen LogP contribution in [0, 0.1) is 0 Å². The highest BCUT2D eigenvalue weighted by Gasteiger charge is 2.30. The zero-order valence-corrected chi connectivity index (χ0v) is 10.0. The van der Waals surface area contributed by atoms with Crippen molar-refractivity contribution in [3.8, 4) is 5.75 Å². The summed E-state index contributed by atoms with van der Waals surface area (Å²) in [5.74, 6) is 0.941. The molecule has 0 radical (unpaired) electrons. The molecule has 16 heavy (non-hydrogen) atoms. The molecule has 0 amide bonds. The maximum atomic E-state index is 6.30. The van der Waals surface area contributed by atoms with Gasteiger partial charge in [-0.3, -0.25) is 4.90 Å². The number of benzene rings is 1. The minimum atomic E-state index is 0.0569. The Bertz CT molecular complexity index is 354. The van der Waals surface area contributed by atoms with Crippen LogP contribution in [-0.2, 0) is 0 Å². The molecule has 1 heterocycles. The molecular formula is C13H20N2O. The van der Waals surface area contributed by atoms with E-state index in [1.54, 1.807) is 0 Å². The van der Waals surface area contributed by atoms with Crippen LogP contribution >= 0.6 is 0 Å². The standard InChI is InChI=1S/C13H20N2O/c1-3-8-15(2)11-9-16-12-7-5-4-6-10(12)13(11)14/h4-7,11,13H,3,8-9,14H2,1-2H3. The molecule has 0 fully saturated rings. The molecule has 1 aromatic carbocycles. The van der Waals surface area contributed by atoms with Crippen LogP contribution in [0.3, 0.4) is 0 Å². The molecule has 1 aliphatic heterocycles. The highest BCUT2D eigenvalue weighted by Crippen LogP contribution is 2.31. The van der Waals surface area contributed by atoms with Gasteiger partial charge in [0.25, 0.3) is 0 Å². The van der Waals surface area contributed by atoms with E-state index in [4.69, 9.17) is 10.5 Å². The quantitative estimate of drug-likeness (QED) is 0.844. The summed E-state index contributed by atoms with van der Waals surface area (Å²) in [5.41, 5.74) is 7.43. The van der Waals surface area contributed by atoms with Gasteiger partial charge in [-0.1, -0.05) is 25.1 Å². The van der Waals surface area contributed by atoms with Gasteiger partial charge in [-0.2, -0.15) is 0 Å². The Balaban J connectivity index is 2.17. The summed E-state index contributed by atoms with van der Waals surface area (Å²) in [6.07, 6.45) is 1.14. The Labute approximate surface area is 97.2 Å². The van der Waals surface area contributed by atoms with Crippen LogP contribution in [0.4, 0.5) is 0 Å². The lowest BCUT2D eigenvalue weighted by atomic mass is 9.96. The number of hydrogen-bond acceptors (Lipinski definition) is 3. The molecule has 88 valence electrons. The van der Waals surface area contributed by atoms with Crippen molar-refractivity contribution in [2.45, 2.75) is 25.4 Å². The molecule has 2 atom stereocenters. The van der Waals surface area contributed by atoms with E-state index in [9.17, 15) is 0 Å². The second-order valence-electron chi connectivity index (χ2n) is 4.42. The summed E-state index contributed by atoms with van der Waals surface area (Å²) >= 11 is 0. The van der Waals surface area contributed by atoms with Crippen molar-refractivity contribution < 1.29 is 4.74 Å². The fourth-order valence-corrected chi connectivity index (χ4v) is 2.29. The molecule has 0 bridgehead atoms. The Morgan fingerprint density at radius 3 is 2.94 bits per heavy atom. The summed E-state index contributed by atoms with van der Waals surface area (Å²) in [5, 5.41) is 0. The molecule has 3 heteroatoms. The average molecular weight is 220 g/mol. The molecule has 0 aromatic heterocycles. The lowest BCUT2D eigenvalue weighted by Crippen LogP contribution is -2.47. The lowest BCUT2D eigenvalue weighted by Gasteiger charge is -2.36. The third-order valence-electron chi connectivity index (χ3n) is 3.24. The molecule has 1 aromatic rings. The predicted octanol–water partition coefficient (Wildman–Crippen LogP) is 1.79. The van der Waals surface area contributed by atoms with E-state index in [2.05, 4.69) is 24.9 Å². The van der Waals surface area contributed by atoms with Gasteiger partial charge in [-0.15, -0.1) is 0 Å². The smallest absolute Gasteiger partial charge is 0.124 e. The topological polar surface area (TPSA) is 38.5 Å². The Hall–Kier alpha value is -1.06. The fourth-order valence-electron chi connectivity index (χ4n) is 2.29. The maximum Gasteiger partial charge on any atom is 0.124 e. The average Bonchev–Trinajstić information content (AvgIpc) is 2.30. The first-order valence-electron chi connectivity index (χ1n) is 5.91.